The van der Waals surface area contributed by atoms with Gasteiger partial charge < -0.3 is 5.32 Å². The minimum absolute atomic E-state index is 0.274. The number of rotatable bonds is 3. The van der Waals surface area contributed by atoms with Gasteiger partial charge in [-0.25, -0.2) is 0 Å². The molecule has 1 fully saturated rings. The highest BCUT2D eigenvalue weighted by molar-refractivity contribution is 6.35. The maximum absolute atomic E-state index is 12.3. The standard InChI is InChI=1S/C16H14Cl2N2O3/c17-9-5-10(18)7-11(6-9)19-14(21)8-20-15(22)12-3-1-2-4-13(12)16(20)23/h1-2,5-7,12-13H,3-4,8H2,(H,19,21)/t12-,13-/m0/s1. The first-order chi connectivity index (χ1) is 11.0. The van der Waals surface area contributed by atoms with Gasteiger partial charge in [0.25, 0.3) is 0 Å². The van der Waals surface area contributed by atoms with Crippen LogP contribution >= 0.6 is 23.2 Å². The number of imide groups is 1. The number of amides is 3. The van der Waals surface area contributed by atoms with Gasteiger partial charge in [-0.15, -0.1) is 0 Å². The van der Waals surface area contributed by atoms with E-state index in [0.29, 0.717) is 28.6 Å². The summed E-state index contributed by atoms with van der Waals surface area (Å²) in [5.41, 5.74) is 0.422. The van der Waals surface area contributed by atoms with Crippen molar-refractivity contribution in [2.45, 2.75) is 12.8 Å². The first-order valence-corrected chi connectivity index (χ1v) is 7.97. The van der Waals surface area contributed by atoms with E-state index < -0.39 is 5.91 Å². The Bertz CT molecular complexity index is 671. The maximum Gasteiger partial charge on any atom is 0.244 e. The molecule has 3 amide bonds. The Hall–Kier alpha value is -1.85. The molecule has 1 aliphatic heterocycles. The van der Waals surface area contributed by atoms with Crippen molar-refractivity contribution in [2.24, 2.45) is 11.8 Å². The number of allylic oxidation sites excluding steroid dienone is 2. The molecule has 7 heteroatoms. The van der Waals surface area contributed by atoms with E-state index >= 15 is 0 Å². The molecule has 0 saturated carbocycles. The Kier molecular flexibility index (Phi) is 4.41. The molecule has 0 bridgehead atoms. The second-order valence-electron chi connectivity index (χ2n) is 5.62. The van der Waals surface area contributed by atoms with Gasteiger partial charge in [0.2, 0.25) is 17.7 Å². The SMILES string of the molecule is O=C(CN1C(=O)[C@H]2CC=CC[C@@H]2C1=O)Nc1cc(Cl)cc(Cl)c1. The molecule has 120 valence electrons. The van der Waals surface area contributed by atoms with Gasteiger partial charge in [-0.2, -0.15) is 0 Å². The van der Waals surface area contributed by atoms with Crippen LogP contribution in [0, 0.1) is 11.8 Å². The topological polar surface area (TPSA) is 66.5 Å². The summed E-state index contributed by atoms with van der Waals surface area (Å²) in [4.78, 5) is 37.8. The van der Waals surface area contributed by atoms with Crippen LogP contribution < -0.4 is 5.32 Å². The number of nitrogens with zero attached hydrogens (tertiary/aromatic N) is 1. The van der Waals surface area contributed by atoms with E-state index in [1.807, 2.05) is 12.2 Å². The summed E-state index contributed by atoms with van der Waals surface area (Å²) < 4.78 is 0. The molecule has 0 spiro atoms. The first-order valence-electron chi connectivity index (χ1n) is 7.22. The first kappa shape index (κ1) is 16.0. The average Bonchev–Trinajstić information content (AvgIpc) is 2.72. The van der Waals surface area contributed by atoms with Crippen LogP contribution in [0.15, 0.2) is 30.4 Å². The highest BCUT2D eigenvalue weighted by Gasteiger charge is 2.47. The predicted octanol–water partition coefficient (Wildman–Crippen LogP) is 2.88. The Morgan fingerprint density at radius 3 is 2.09 bits per heavy atom. The fourth-order valence-corrected chi connectivity index (χ4v) is 3.52. The van der Waals surface area contributed by atoms with Crippen LogP contribution in [0.5, 0.6) is 0 Å². The monoisotopic (exact) mass is 352 g/mol. The average molecular weight is 353 g/mol. The van der Waals surface area contributed by atoms with Crippen LogP contribution in [-0.2, 0) is 14.4 Å². The van der Waals surface area contributed by atoms with Crippen molar-refractivity contribution in [3.8, 4) is 0 Å². The lowest BCUT2D eigenvalue weighted by Crippen LogP contribution is -2.38. The largest absolute Gasteiger partial charge is 0.324 e. The third-order valence-electron chi connectivity index (χ3n) is 4.05. The number of hydrogen-bond acceptors (Lipinski definition) is 3. The minimum Gasteiger partial charge on any atom is -0.324 e. The molecule has 2 atom stereocenters. The van der Waals surface area contributed by atoms with E-state index in [4.69, 9.17) is 23.2 Å². The van der Waals surface area contributed by atoms with Crippen molar-refractivity contribution in [1.82, 2.24) is 4.90 Å². The molecule has 1 aromatic rings. The third-order valence-corrected chi connectivity index (χ3v) is 4.48. The van der Waals surface area contributed by atoms with Crippen molar-refractivity contribution in [3.63, 3.8) is 0 Å². The van der Waals surface area contributed by atoms with Gasteiger partial charge in [-0.1, -0.05) is 35.4 Å². The van der Waals surface area contributed by atoms with Crippen molar-refractivity contribution in [3.05, 3.63) is 40.4 Å². The number of carbonyl (C=O) groups excluding carboxylic acids is 3. The molecule has 0 unspecified atom stereocenters. The van der Waals surface area contributed by atoms with Gasteiger partial charge in [-0.3, -0.25) is 19.3 Å². The van der Waals surface area contributed by atoms with E-state index in [2.05, 4.69) is 5.32 Å². The molecular weight excluding hydrogens is 339 g/mol. The van der Waals surface area contributed by atoms with E-state index in [-0.39, 0.29) is 30.2 Å². The van der Waals surface area contributed by atoms with Gasteiger partial charge in [0.05, 0.1) is 11.8 Å². The lowest BCUT2D eigenvalue weighted by Gasteiger charge is -2.14. The van der Waals surface area contributed by atoms with Crippen LogP contribution in [-0.4, -0.2) is 29.2 Å². The zero-order valence-electron chi connectivity index (χ0n) is 12.1. The molecular formula is C16H14Cl2N2O3. The van der Waals surface area contributed by atoms with Crippen LogP contribution in [0.1, 0.15) is 12.8 Å². The summed E-state index contributed by atoms with van der Waals surface area (Å²) >= 11 is 11.7. The molecule has 3 rings (SSSR count). The summed E-state index contributed by atoms with van der Waals surface area (Å²) in [6, 6.07) is 4.63. The lowest BCUT2D eigenvalue weighted by atomic mass is 9.85. The van der Waals surface area contributed by atoms with Gasteiger partial charge in [0, 0.05) is 15.7 Å². The summed E-state index contributed by atoms with van der Waals surface area (Å²) in [6.07, 6.45) is 4.92. The van der Waals surface area contributed by atoms with Crippen molar-refractivity contribution in [2.75, 3.05) is 11.9 Å². The zero-order valence-corrected chi connectivity index (χ0v) is 13.6. The normalized spacial score (nSPS) is 23.1. The lowest BCUT2D eigenvalue weighted by molar-refractivity contribution is -0.142. The fourth-order valence-electron chi connectivity index (χ4n) is 2.99. The molecule has 5 nitrogen and oxygen atoms in total. The highest BCUT2D eigenvalue weighted by Crippen LogP contribution is 2.34. The van der Waals surface area contributed by atoms with Gasteiger partial charge in [0.1, 0.15) is 6.54 Å². The van der Waals surface area contributed by atoms with Crippen LogP contribution in [0.3, 0.4) is 0 Å². The fraction of sp³-hybridized carbons (Fsp3) is 0.312. The van der Waals surface area contributed by atoms with Gasteiger partial charge >= 0.3 is 0 Å². The number of carbonyl (C=O) groups is 3. The Labute approximate surface area is 143 Å². The quantitative estimate of drug-likeness (QED) is 0.671. The van der Waals surface area contributed by atoms with E-state index in [0.717, 1.165) is 4.90 Å². The summed E-state index contributed by atoms with van der Waals surface area (Å²) in [5.74, 6) is -1.68. The number of fused-ring (bicyclic) bond motifs is 1. The number of likely N-dealkylation sites (tertiary alicyclic amines) is 1. The third kappa shape index (κ3) is 3.26. The Balaban J connectivity index is 1.68. The second-order valence-corrected chi connectivity index (χ2v) is 6.50. The molecule has 1 N–H and O–H groups in total. The van der Waals surface area contributed by atoms with E-state index in [9.17, 15) is 14.4 Å². The second kappa shape index (κ2) is 6.34. The number of hydrogen-bond donors (Lipinski definition) is 1. The number of nitrogens with one attached hydrogen (secondary N) is 1. The van der Waals surface area contributed by atoms with Gasteiger partial charge in [0.15, 0.2) is 0 Å². The number of benzene rings is 1. The number of anilines is 1. The number of halogens is 2. The highest BCUT2D eigenvalue weighted by atomic mass is 35.5. The van der Waals surface area contributed by atoms with Crippen molar-refractivity contribution < 1.29 is 14.4 Å². The van der Waals surface area contributed by atoms with E-state index in [1.165, 1.54) is 0 Å². The van der Waals surface area contributed by atoms with Crippen LogP contribution in [0.25, 0.3) is 0 Å². The van der Waals surface area contributed by atoms with Crippen LogP contribution in [0.4, 0.5) is 5.69 Å². The predicted molar refractivity (Wildman–Crippen MR) is 87.2 cm³/mol. The molecule has 23 heavy (non-hydrogen) atoms. The van der Waals surface area contributed by atoms with Gasteiger partial charge in [-0.05, 0) is 31.0 Å². The Morgan fingerprint density at radius 2 is 1.57 bits per heavy atom. The van der Waals surface area contributed by atoms with Crippen molar-refractivity contribution in [1.29, 1.82) is 0 Å². The van der Waals surface area contributed by atoms with E-state index in [1.54, 1.807) is 18.2 Å². The molecule has 1 aliphatic carbocycles. The molecule has 1 aromatic carbocycles. The summed E-state index contributed by atoms with van der Waals surface area (Å²) in [6.45, 7) is -0.297. The molecule has 1 saturated heterocycles. The molecule has 2 aliphatic rings. The summed E-state index contributed by atoms with van der Waals surface area (Å²) in [5, 5.41) is 3.38. The molecule has 0 aromatic heterocycles. The molecule has 1 heterocycles. The van der Waals surface area contributed by atoms with Crippen LogP contribution in [0.2, 0.25) is 10.0 Å². The van der Waals surface area contributed by atoms with Crippen molar-refractivity contribution >= 4 is 46.6 Å². The molecule has 0 radical (unpaired) electrons. The minimum atomic E-state index is -0.461. The zero-order chi connectivity index (χ0) is 16.6. The summed E-state index contributed by atoms with van der Waals surface area (Å²) in [7, 11) is 0. The maximum atomic E-state index is 12.3. The Morgan fingerprint density at radius 1 is 1.04 bits per heavy atom. The smallest absolute Gasteiger partial charge is 0.244 e.